The summed E-state index contributed by atoms with van der Waals surface area (Å²) < 4.78 is 30.9. The molecule has 0 radical (unpaired) electrons. The van der Waals surface area contributed by atoms with E-state index in [-0.39, 0.29) is 16.7 Å². The molecule has 0 aliphatic rings. The summed E-state index contributed by atoms with van der Waals surface area (Å²) in [5.41, 5.74) is 0.400. The summed E-state index contributed by atoms with van der Waals surface area (Å²) in [5, 5.41) is 4.89. The summed E-state index contributed by atoms with van der Waals surface area (Å²) in [7, 11) is -0.579. The Bertz CT molecular complexity index is 943. The van der Waals surface area contributed by atoms with Crippen LogP contribution in [0.25, 0.3) is 0 Å². The van der Waals surface area contributed by atoms with Crippen molar-refractivity contribution < 1.29 is 17.6 Å². The Labute approximate surface area is 162 Å². The number of nitrogens with one attached hydrogen (secondary N) is 1. The number of nitrogens with zero attached hydrogens (tertiary/aromatic N) is 1. The van der Waals surface area contributed by atoms with Gasteiger partial charge in [0.05, 0.1) is 17.1 Å². The third-order valence-electron chi connectivity index (χ3n) is 4.14. The first-order valence-corrected chi connectivity index (χ1v) is 10.6. The van der Waals surface area contributed by atoms with Crippen LogP contribution in [0.1, 0.15) is 26.9 Å². The van der Waals surface area contributed by atoms with Crippen LogP contribution in [0.5, 0.6) is 0 Å². The van der Waals surface area contributed by atoms with Crippen molar-refractivity contribution in [1.29, 1.82) is 0 Å². The van der Waals surface area contributed by atoms with Crippen LogP contribution in [-0.4, -0.2) is 39.3 Å². The smallest absolute Gasteiger partial charge is 0.251 e. The number of furan rings is 1. The summed E-state index contributed by atoms with van der Waals surface area (Å²) in [6.07, 6.45) is 1.61. The minimum absolute atomic E-state index is 0.0719. The predicted molar refractivity (Wildman–Crippen MR) is 105 cm³/mol. The van der Waals surface area contributed by atoms with Crippen LogP contribution in [-0.2, 0) is 10.0 Å². The van der Waals surface area contributed by atoms with Crippen LogP contribution in [0.15, 0.2) is 69.5 Å². The van der Waals surface area contributed by atoms with E-state index >= 15 is 0 Å². The fraction of sp³-hybridized carbons (Fsp3) is 0.211. The number of carbonyl (C=O) groups is 1. The molecule has 2 aromatic heterocycles. The van der Waals surface area contributed by atoms with Gasteiger partial charge in [0.2, 0.25) is 10.0 Å². The Balaban J connectivity index is 1.71. The van der Waals surface area contributed by atoms with Crippen molar-refractivity contribution in [3.63, 3.8) is 0 Å². The van der Waals surface area contributed by atoms with Gasteiger partial charge in [-0.3, -0.25) is 4.79 Å². The second-order valence-electron chi connectivity index (χ2n) is 6.11. The standard InChI is InChI=1S/C19H20N2O4S2/c1-21(2)27(23,24)15-9-7-14(8-10-15)19(22)20-13-16(17-5-3-11-25-17)18-6-4-12-26-18/h3-12,16H,13H2,1-2H3,(H,20,22)/t16-/m0/s1. The Hall–Kier alpha value is -2.42. The lowest BCUT2D eigenvalue weighted by atomic mass is 10.0. The van der Waals surface area contributed by atoms with Gasteiger partial charge in [0.1, 0.15) is 5.76 Å². The molecule has 6 nitrogen and oxygen atoms in total. The monoisotopic (exact) mass is 404 g/mol. The number of benzene rings is 1. The molecule has 2 heterocycles. The molecule has 1 amide bonds. The first-order valence-electron chi connectivity index (χ1n) is 8.27. The van der Waals surface area contributed by atoms with Gasteiger partial charge in [0, 0.05) is 31.1 Å². The van der Waals surface area contributed by atoms with Crippen LogP contribution >= 0.6 is 11.3 Å². The van der Waals surface area contributed by atoms with Crippen LogP contribution in [0.3, 0.4) is 0 Å². The Morgan fingerprint density at radius 1 is 1.15 bits per heavy atom. The van der Waals surface area contributed by atoms with Crippen LogP contribution in [0, 0.1) is 0 Å². The van der Waals surface area contributed by atoms with E-state index in [1.54, 1.807) is 17.6 Å². The van der Waals surface area contributed by atoms with Crippen molar-refractivity contribution in [3.05, 3.63) is 76.4 Å². The highest BCUT2D eigenvalue weighted by molar-refractivity contribution is 7.89. The van der Waals surface area contributed by atoms with Crippen LogP contribution < -0.4 is 5.32 Å². The highest BCUT2D eigenvalue weighted by Gasteiger charge is 2.20. The summed E-state index contributed by atoms with van der Waals surface area (Å²) in [6, 6.07) is 13.6. The van der Waals surface area contributed by atoms with Gasteiger partial charge in [-0.1, -0.05) is 6.07 Å². The van der Waals surface area contributed by atoms with E-state index in [0.717, 1.165) is 14.9 Å². The molecule has 0 bridgehead atoms. The van der Waals surface area contributed by atoms with Crippen LogP contribution in [0.4, 0.5) is 0 Å². The lowest BCUT2D eigenvalue weighted by molar-refractivity contribution is 0.0952. The molecular formula is C19H20N2O4S2. The third kappa shape index (κ3) is 4.29. The van der Waals surface area contributed by atoms with Crippen molar-refractivity contribution in [3.8, 4) is 0 Å². The zero-order valence-electron chi connectivity index (χ0n) is 15.0. The molecule has 1 atom stereocenters. The molecule has 3 aromatic rings. The van der Waals surface area contributed by atoms with Crippen molar-refractivity contribution in [2.75, 3.05) is 20.6 Å². The second-order valence-corrected chi connectivity index (χ2v) is 9.24. The van der Waals surface area contributed by atoms with E-state index in [9.17, 15) is 13.2 Å². The van der Waals surface area contributed by atoms with Crippen molar-refractivity contribution in [2.45, 2.75) is 10.8 Å². The number of amides is 1. The van der Waals surface area contributed by atoms with Crippen molar-refractivity contribution in [2.24, 2.45) is 0 Å². The summed E-state index contributed by atoms with van der Waals surface area (Å²) >= 11 is 1.60. The molecule has 8 heteroatoms. The molecule has 142 valence electrons. The fourth-order valence-corrected chi connectivity index (χ4v) is 4.34. The molecule has 27 heavy (non-hydrogen) atoms. The average Bonchev–Trinajstić information content (AvgIpc) is 3.36. The minimum atomic E-state index is -3.51. The zero-order chi connectivity index (χ0) is 19.4. The van der Waals surface area contributed by atoms with Crippen molar-refractivity contribution >= 4 is 27.3 Å². The number of rotatable bonds is 7. The summed E-state index contributed by atoms with van der Waals surface area (Å²) in [6.45, 7) is 0.380. The molecule has 0 fully saturated rings. The number of thiophene rings is 1. The van der Waals surface area contributed by atoms with E-state index in [0.29, 0.717) is 12.1 Å². The topological polar surface area (TPSA) is 79.6 Å². The maximum Gasteiger partial charge on any atom is 0.251 e. The third-order valence-corrected chi connectivity index (χ3v) is 6.95. The number of sulfonamides is 1. The summed E-state index contributed by atoms with van der Waals surface area (Å²) in [4.78, 5) is 13.7. The highest BCUT2D eigenvalue weighted by atomic mass is 32.2. The van der Waals surface area contributed by atoms with Crippen molar-refractivity contribution in [1.82, 2.24) is 9.62 Å². The number of carbonyl (C=O) groups excluding carboxylic acids is 1. The van der Waals surface area contributed by atoms with Crippen LogP contribution in [0.2, 0.25) is 0 Å². The fourth-order valence-electron chi connectivity index (χ4n) is 2.61. The van der Waals surface area contributed by atoms with E-state index in [1.807, 2.05) is 29.6 Å². The Kier molecular flexibility index (Phi) is 5.79. The summed E-state index contributed by atoms with van der Waals surface area (Å²) in [5.74, 6) is 0.444. The quantitative estimate of drug-likeness (QED) is 0.656. The molecular weight excluding hydrogens is 384 g/mol. The number of hydrogen-bond acceptors (Lipinski definition) is 5. The molecule has 0 aliphatic carbocycles. The number of hydrogen-bond donors (Lipinski definition) is 1. The SMILES string of the molecule is CN(C)S(=O)(=O)c1ccc(C(=O)NC[C@@H](c2ccco2)c2cccs2)cc1. The predicted octanol–water partition coefficient (Wildman–Crippen LogP) is 3.15. The normalized spacial score (nSPS) is 12.9. The van der Waals surface area contributed by atoms with Gasteiger partial charge < -0.3 is 9.73 Å². The maximum absolute atomic E-state index is 12.5. The molecule has 0 saturated carbocycles. The zero-order valence-corrected chi connectivity index (χ0v) is 16.6. The minimum Gasteiger partial charge on any atom is -0.469 e. The van der Waals surface area contributed by atoms with E-state index in [4.69, 9.17) is 4.42 Å². The van der Waals surface area contributed by atoms with Gasteiger partial charge in [0.25, 0.3) is 5.91 Å². The average molecular weight is 405 g/mol. The molecule has 0 unspecified atom stereocenters. The molecule has 0 aliphatic heterocycles. The lowest BCUT2D eigenvalue weighted by Gasteiger charge is -2.15. The lowest BCUT2D eigenvalue weighted by Crippen LogP contribution is -2.28. The van der Waals surface area contributed by atoms with Gasteiger partial charge in [-0.15, -0.1) is 11.3 Å². The molecule has 1 aromatic carbocycles. The van der Waals surface area contributed by atoms with E-state index < -0.39 is 10.0 Å². The molecule has 3 rings (SSSR count). The van der Waals surface area contributed by atoms with E-state index in [2.05, 4.69) is 5.32 Å². The Morgan fingerprint density at radius 3 is 2.44 bits per heavy atom. The maximum atomic E-state index is 12.5. The molecule has 0 spiro atoms. The highest BCUT2D eigenvalue weighted by Crippen LogP contribution is 2.28. The van der Waals surface area contributed by atoms with Gasteiger partial charge in [0.15, 0.2) is 0 Å². The van der Waals surface area contributed by atoms with Gasteiger partial charge in [-0.25, -0.2) is 12.7 Å². The van der Waals surface area contributed by atoms with Gasteiger partial charge >= 0.3 is 0 Å². The second kappa shape index (κ2) is 8.08. The molecule has 1 N–H and O–H groups in total. The first-order chi connectivity index (χ1) is 12.9. The Morgan fingerprint density at radius 2 is 1.89 bits per heavy atom. The molecule has 0 saturated heterocycles. The first kappa shape index (κ1) is 19.3. The largest absolute Gasteiger partial charge is 0.469 e. The van der Waals surface area contributed by atoms with Gasteiger partial charge in [-0.2, -0.15) is 0 Å². The van der Waals surface area contributed by atoms with Gasteiger partial charge in [-0.05, 0) is 47.8 Å². The van der Waals surface area contributed by atoms with E-state index in [1.165, 1.54) is 38.4 Å².